The number of phenolic OH excluding ortho intramolecular Hbond substituents is 1. The summed E-state index contributed by atoms with van der Waals surface area (Å²) in [5.74, 6) is 0.517. The van der Waals surface area contributed by atoms with Crippen LogP contribution in [-0.4, -0.2) is 28.5 Å². The summed E-state index contributed by atoms with van der Waals surface area (Å²) in [4.78, 5) is 0. The standard InChI is InChI=1S/C21H16FN3O5S/c22-31(27,28)30-20-11-9-19(10-12-20)29-14-15-1-3-16(4-2-15)21-13-25(24-23-21)17-5-7-18(26)8-6-17/h1-13,26H,14H2. The SMILES string of the molecule is O=S(=O)(F)Oc1ccc(OCc2ccc(-c3cn(-c4ccc(O)cc4)nn3)cc2)cc1. The zero-order valence-electron chi connectivity index (χ0n) is 15.9. The van der Waals surface area contributed by atoms with E-state index in [0.717, 1.165) is 16.8 Å². The van der Waals surface area contributed by atoms with E-state index in [0.29, 0.717) is 11.4 Å². The largest absolute Gasteiger partial charge is 0.508 e. The van der Waals surface area contributed by atoms with Gasteiger partial charge >= 0.3 is 10.5 Å². The summed E-state index contributed by atoms with van der Waals surface area (Å²) < 4.78 is 44.8. The van der Waals surface area contributed by atoms with Crippen LogP contribution in [0.5, 0.6) is 17.2 Å². The molecule has 1 aromatic heterocycles. The quantitative estimate of drug-likeness (QED) is 0.435. The lowest BCUT2D eigenvalue weighted by atomic mass is 10.1. The monoisotopic (exact) mass is 441 g/mol. The number of ether oxygens (including phenoxy) is 1. The molecule has 4 aromatic rings. The molecule has 8 nitrogen and oxygen atoms in total. The van der Waals surface area contributed by atoms with Gasteiger partial charge in [0.05, 0.1) is 11.9 Å². The highest BCUT2D eigenvalue weighted by atomic mass is 32.3. The van der Waals surface area contributed by atoms with E-state index in [4.69, 9.17) is 4.74 Å². The van der Waals surface area contributed by atoms with Crippen molar-refractivity contribution in [2.24, 2.45) is 0 Å². The molecule has 10 heteroatoms. The predicted octanol–water partition coefficient (Wildman–Crippen LogP) is 3.81. The highest BCUT2D eigenvalue weighted by molar-refractivity contribution is 7.81. The summed E-state index contributed by atoms with van der Waals surface area (Å²) in [6.45, 7) is 0.280. The van der Waals surface area contributed by atoms with Crippen molar-refractivity contribution in [1.29, 1.82) is 0 Å². The fourth-order valence-corrected chi connectivity index (χ4v) is 3.11. The Bertz CT molecular complexity index is 1270. The molecule has 158 valence electrons. The summed E-state index contributed by atoms with van der Waals surface area (Å²) >= 11 is 0. The van der Waals surface area contributed by atoms with E-state index in [1.165, 1.54) is 24.3 Å². The van der Waals surface area contributed by atoms with Crippen LogP contribution in [0.3, 0.4) is 0 Å². The zero-order valence-corrected chi connectivity index (χ0v) is 16.7. The van der Waals surface area contributed by atoms with Gasteiger partial charge in [-0.1, -0.05) is 33.4 Å². The lowest BCUT2D eigenvalue weighted by Gasteiger charge is -2.07. The van der Waals surface area contributed by atoms with Crippen LogP contribution >= 0.6 is 0 Å². The molecule has 0 saturated heterocycles. The third-order valence-corrected chi connectivity index (χ3v) is 4.67. The van der Waals surface area contributed by atoms with E-state index in [2.05, 4.69) is 14.5 Å². The Morgan fingerprint density at radius 2 is 1.55 bits per heavy atom. The molecule has 31 heavy (non-hydrogen) atoms. The average molecular weight is 441 g/mol. The van der Waals surface area contributed by atoms with Crippen LogP contribution in [0.1, 0.15) is 5.56 Å². The van der Waals surface area contributed by atoms with Gasteiger partial charge in [0, 0.05) is 5.56 Å². The second-order valence-electron chi connectivity index (χ2n) is 6.50. The van der Waals surface area contributed by atoms with Crippen molar-refractivity contribution in [2.75, 3.05) is 0 Å². The molecule has 0 fully saturated rings. The lowest BCUT2D eigenvalue weighted by molar-refractivity contribution is 0.306. The van der Waals surface area contributed by atoms with Gasteiger partial charge in [-0.15, -0.1) is 5.10 Å². The summed E-state index contributed by atoms with van der Waals surface area (Å²) in [5, 5.41) is 17.7. The first kappa shape index (κ1) is 20.4. The fourth-order valence-electron chi connectivity index (χ4n) is 2.77. The van der Waals surface area contributed by atoms with Crippen LogP contribution in [0.4, 0.5) is 3.89 Å². The Kier molecular flexibility index (Phi) is 5.54. The predicted molar refractivity (Wildman–Crippen MR) is 110 cm³/mol. The van der Waals surface area contributed by atoms with Gasteiger partial charge in [0.2, 0.25) is 0 Å². The maximum absolute atomic E-state index is 12.5. The Labute approximate surface area is 177 Å². The molecule has 0 aliphatic rings. The van der Waals surface area contributed by atoms with Gasteiger partial charge in [-0.2, -0.15) is 8.42 Å². The molecule has 0 amide bonds. The number of hydrogen-bond acceptors (Lipinski definition) is 7. The van der Waals surface area contributed by atoms with Gasteiger partial charge in [-0.3, -0.25) is 0 Å². The molecule has 4 rings (SSSR count). The minimum absolute atomic E-state index is 0.139. The van der Waals surface area contributed by atoms with Crippen LogP contribution in [-0.2, 0) is 17.1 Å². The number of phenols is 1. The third-order valence-electron chi connectivity index (χ3n) is 4.28. The number of halogens is 1. The molecule has 0 atom stereocenters. The molecular weight excluding hydrogens is 425 g/mol. The highest BCUT2D eigenvalue weighted by Gasteiger charge is 2.09. The Balaban J connectivity index is 1.38. The van der Waals surface area contributed by atoms with Gasteiger partial charge in [0.25, 0.3) is 0 Å². The van der Waals surface area contributed by atoms with Crippen molar-refractivity contribution in [1.82, 2.24) is 15.0 Å². The molecule has 3 aromatic carbocycles. The number of aromatic nitrogens is 3. The van der Waals surface area contributed by atoms with E-state index in [-0.39, 0.29) is 18.1 Å². The highest BCUT2D eigenvalue weighted by Crippen LogP contribution is 2.22. The smallest absolute Gasteiger partial charge is 0.488 e. The first-order chi connectivity index (χ1) is 14.9. The molecule has 0 unspecified atom stereocenters. The van der Waals surface area contributed by atoms with Crippen LogP contribution in [0.25, 0.3) is 16.9 Å². The molecule has 1 N–H and O–H groups in total. The molecule has 1 heterocycles. The van der Waals surface area contributed by atoms with Gasteiger partial charge in [0.15, 0.2) is 0 Å². The van der Waals surface area contributed by atoms with Crippen molar-refractivity contribution in [3.05, 3.63) is 84.6 Å². The summed E-state index contributed by atoms with van der Waals surface area (Å²) in [7, 11) is -5.05. The van der Waals surface area contributed by atoms with Gasteiger partial charge in [-0.05, 0) is 54.1 Å². The van der Waals surface area contributed by atoms with Crippen LogP contribution in [0.2, 0.25) is 0 Å². The van der Waals surface area contributed by atoms with Crippen molar-refractivity contribution in [2.45, 2.75) is 6.61 Å². The molecule has 0 bridgehead atoms. The summed E-state index contributed by atoms with van der Waals surface area (Å²) in [5.41, 5.74) is 3.25. The Morgan fingerprint density at radius 1 is 0.903 bits per heavy atom. The van der Waals surface area contributed by atoms with E-state index in [1.54, 1.807) is 35.1 Å². The Hall–Kier alpha value is -3.92. The molecule has 0 spiro atoms. The second-order valence-corrected chi connectivity index (χ2v) is 7.45. The first-order valence-electron chi connectivity index (χ1n) is 9.04. The topological polar surface area (TPSA) is 104 Å². The summed E-state index contributed by atoms with van der Waals surface area (Å²) in [6.07, 6.45) is 1.79. The van der Waals surface area contributed by atoms with Crippen LogP contribution in [0.15, 0.2) is 79.0 Å². The van der Waals surface area contributed by atoms with E-state index in [9.17, 15) is 17.4 Å². The maximum atomic E-state index is 12.5. The van der Waals surface area contributed by atoms with E-state index >= 15 is 0 Å². The van der Waals surface area contributed by atoms with Crippen LogP contribution in [0, 0.1) is 0 Å². The van der Waals surface area contributed by atoms with Crippen molar-refractivity contribution in [3.8, 4) is 34.2 Å². The van der Waals surface area contributed by atoms with Crippen LogP contribution < -0.4 is 8.92 Å². The fraction of sp³-hybridized carbons (Fsp3) is 0.0476. The zero-order chi connectivity index (χ0) is 21.8. The number of benzene rings is 3. The molecule has 0 saturated carbocycles. The molecule has 0 radical (unpaired) electrons. The number of rotatable bonds is 7. The molecular formula is C21H16FN3O5S. The number of nitrogens with zero attached hydrogens (tertiary/aromatic N) is 3. The average Bonchev–Trinajstić information content (AvgIpc) is 3.23. The normalized spacial score (nSPS) is 11.3. The molecule has 0 aliphatic carbocycles. The van der Waals surface area contributed by atoms with E-state index in [1.807, 2.05) is 24.3 Å². The number of aromatic hydroxyl groups is 1. The third kappa shape index (κ3) is 5.37. The van der Waals surface area contributed by atoms with Gasteiger partial charge in [0.1, 0.15) is 29.5 Å². The molecule has 0 aliphatic heterocycles. The summed E-state index contributed by atoms with van der Waals surface area (Å²) in [6, 6.07) is 19.8. The van der Waals surface area contributed by atoms with Crippen molar-refractivity contribution < 1.29 is 26.3 Å². The minimum Gasteiger partial charge on any atom is -0.508 e. The second kappa shape index (κ2) is 8.44. The first-order valence-corrected chi connectivity index (χ1v) is 10.3. The van der Waals surface area contributed by atoms with E-state index < -0.39 is 10.5 Å². The van der Waals surface area contributed by atoms with Gasteiger partial charge in [-0.25, -0.2) is 4.68 Å². The van der Waals surface area contributed by atoms with Gasteiger partial charge < -0.3 is 14.0 Å². The lowest BCUT2D eigenvalue weighted by Crippen LogP contribution is -2.01. The van der Waals surface area contributed by atoms with Crippen molar-refractivity contribution in [3.63, 3.8) is 0 Å². The number of hydrogen-bond donors (Lipinski definition) is 1. The Morgan fingerprint density at radius 3 is 2.19 bits per heavy atom. The van der Waals surface area contributed by atoms with Crippen molar-refractivity contribution >= 4 is 10.5 Å². The minimum atomic E-state index is -5.05. The maximum Gasteiger partial charge on any atom is 0.488 e.